The van der Waals surface area contributed by atoms with Crippen molar-refractivity contribution in [1.82, 2.24) is 15.5 Å². The largest absolute Gasteiger partial charge is 0.450 e. The Labute approximate surface area is 108 Å². The third-order valence-electron chi connectivity index (χ3n) is 1.51. The van der Waals surface area contributed by atoms with Gasteiger partial charge in [-0.05, 0) is 19.1 Å². The molecule has 0 radical (unpaired) electrons. The number of hydrogen-bond donors (Lipinski definition) is 2. The number of nitrogens with zero attached hydrogens (tertiary/aromatic N) is 3. The molecule has 1 aromatic rings. The number of aromatic nitrogens is 2. The summed E-state index contributed by atoms with van der Waals surface area (Å²) in [6.45, 7) is 2.00. The van der Waals surface area contributed by atoms with Crippen molar-refractivity contribution in [2.24, 2.45) is 0 Å². The average Bonchev–Trinajstić information content (AvgIpc) is 2.66. The van der Waals surface area contributed by atoms with Crippen LogP contribution in [0.15, 0.2) is 0 Å². The zero-order valence-corrected chi connectivity index (χ0v) is 11.3. The SMILES string of the molecule is CCOC(=O)NC(=S)Nc1nnc(N(C)C)s1. The molecule has 0 aromatic carbocycles. The smallest absolute Gasteiger partial charge is 0.413 e. The fraction of sp³-hybridized carbons (Fsp3) is 0.500. The van der Waals surface area contributed by atoms with E-state index in [2.05, 4.69) is 25.6 Å². The second kappa shape index (κ2) is 6.30. The minimum atomic E-state index is -0.595. The topological polar surface area (TPSA) is 79.4 Å². The lowest BCUT2D eigenvalue weighted by molar-refractivity contribution is 0.158. The Bertz CT molecular complexity index is 406. The van der Waals surface area contributed by atoms with Crippen molar-refractivity contribution in [2.75, 3.05) is 30.9 Å². The molecule has 1 amide bonds. The Balaban J connectivity index is 2.47. The minimum Gasteiger partial charge on any atom is -0.450 e. The van der Waals surface area contributed by atoms with Gasteiger partial charge in [0.15, 0.2) is 5.11 Å². The lowest BCUT2D eigenvalue weighted by Crippen LogP contribution is -2.34. The second-order valence-electron chi connectivity index (χ2n) is 3.08. The van der Waals surface area contributed by atoms with Crippen molar-refractivity contribution < 1.29 is 9.53 Å². The predicted octanol–water partition coefficient (Wildman–Crippen LogP) is 1.05. The van der Waals surface area contributed by atoms with Gasteiger partial charge in [0, 0.05) is 14.1 Å². The third kappa shape index (κ3) is 4.49. The summed E-state index contributed by atoms with van der Waals surface area (Å²) in [5.74, 6) is 0. The van der Waals surface area contributed by atoms with E-state index in [0.717, 1.165) is 5.13 Å². The average molecular weight is 275 g/mol. The van der Waals surface area contributed by atoms with Gasteiger partial charge in [-0.3, -0.25) is 5.32 Å². The van der Waals surface area contributed by atoms with E-state index in [1.54, 1.807) is 6.92 Å². The number of hydrogen-bond acceptors (Lipinski definition) is 7. The van der Waals surface area contributed by atoms with Crippen LogP contribution in [-0.2, 0) is 4.74 Å². The highest BCUT2D eigenvalue weighted by Gasteiger charge is 2.09. The van der Waals surface area contributed by atoms with E-state index in [1.807, 2.05) is 19.0 Å². The van der Waals surface area contributed by atoms with Crippen LogP contribution in [-0.4, -0.2) is 42.1 Å². The molecule has 1 heterocycles. The van der Waals surface area contributed by atoms with Gasteiger partial charge in [-0.2, -0.15) is 0 Å². The first-order valence-electron chi connectivity index (χ1n) is 4.78. The van der Waals surface area contributed by atoms with Crippen LogP contribution in [0.25, 0.3) is 0 Å². The molecule has 0 aliphatic heterocycles. The first kappa shape index (κ1) is 13.6. The highest BCUT2D eigenvalue weighted by molar-refractivity contribution is 7.80. The highest BCUT2D eigenvalue weighted by atomic mass is 32.1. The number of carbonyl (C=O) groups is 1. The van der Waals surface area contributed by atoms with Crippen molar-refractivity contribution in [3.63, 3.8) is 0 Å². The maximum Gasteiger partial charge on any atom is 0.413 e. The lowest BCUT2D eigenvalue weighted by Gasteiger charge is -2.06. The van der Waals surface area contributed by atoms with Crippen LogP contribution in [0.1, 0.15) is 6.92 Å². The van der Waals surface area contributed by atoms with Gasteiger partial charge in [0.25, 0.3) is 0 Å². The Morgan fingerprint density at radius 2 is 2.24 bits per heavy atom. The number of carbonyl (C=O) groups excluding carboxylic acids is 1. The zero-order chi connectivity index (χ0) is 12.8. The van der Waals surface area contributed by atoms with Crippen LogP contribution < -0.4 is 15.5 Å². The van der Waals surface area contributed by atoms with E-state index in [0.29, 0.717) is 5.13 Å². The fourth-order valence-corrected chi connectivity index (χ4v) is 1.75. The van der Waals surface area contributed by atoms with Crippen LogP contribution in [0, 0.1) is 0 Å². The van der Waals surface area contributed by atoms with Gasteiger partial charge >= 0.3 is 6.09 Å². The summed E-state index contributed by atoms with van der Waals surface area (Å²) in [7, 11) is 3.72. The summed E-state index contributed by atoms with van der Waals surface area (Å²) in [6, 6.07) is 0. The summed E-state index contributed by atoms with van der Waals surface area (Å²) in [5, 5.41) is 14.3. The first-order chi connectivity index (χ1) is 8.02. The number of anilines is 2. The Hall–Kier alpha value is -1.48. The van der Waals surface area contributed by atoms with Gasteiger partial charge in [0.05, 0.1) is 6.61 Å². The van der Waals surface area contributed by atoms with Gasteiger partial charge < -0.3 is 15.0 Å². The Morgan fingerprint density at radius 3 is 2.76 bits per heavy atom. The van der Waals surface area contributed by atoms with Crippen molar-refractivity contribution in [1.29, 1.82) is 0 Å². The summed E-state index contributed by atoms with van der Waals surface area (Å²) in [4.78, 5) is 12.9. The molecular formula is C8H13N5O2S2. The van der Waals surface area contributed by atoms with E-state index in [4.69, 9.17) is 12.2 Å². The molecule has 1 rings (SSSR count). The molecule has 0 spiro atoms. The Kier molecular flexibility index (Phi) is 5.04. The van der Waals surface area contributed by atoms with Crippen LogP contribution in [0.2, 0.25) is 0 Å². The molecule has 0 bridgehead atoms. The molecule has 9 heteroatoms. The van der Waals surface area contributed by atoms with Crippen molar-refractivity contribution in [3.8, 4) is 0 Å². The van der Waals surface area contributed by atoms with Crippen LogP contribution in [0.4, 0.5) is 15.1 Å². The molecule has 0 atom stereocenters. The minimum absolute atomic E-state index is 0.130. The highest BCUT2D eigenvalue weighted by Crippen LogP contribution is 2.21. The molecule has 0 aliphatic rings. The van der Waals surface area contributed by atoms with Crippen molar-refractivity contribution in [3.05, 3.63) is 0 Å². The lowest BCUT2D eigenvalue weighted by atomic mass is 10.8. The van der Waals surface area contributed by atoms with Gasteiger partial charge in [-0.15, -0.1) is 10.2 Å². The monoisotopic (exact) mass is 275 g/mol. The third-order valence-corrected chi connectivity index (χ3v) is 2.72. The van der Waals surface area contributed by atoms with Gasteiger partial charge in [0.1, 0.15) is 0 Å². The maximum atomic E-state index is 11.1. The number of thiocarbonyl (C=S) groups is 1. The zero-order valence-electron chi connectivity index (χ0n) is 9.68. The van der Waals surface area contributed by atoms with E-state index in [9.17, 15) is 4.79 Å². The molecular weight excluding hydrogens is 262 g/mol. The van der Waals surface area contributed by atoms with Gasteiger partial charge in [-0.25, -0.2) is 4.79 Å². The number of ether oxygens (including phenoxy) is 1. The fourth-order valence-electron chi connectivity index (χ4n) is 0.835. The summed E-state index contributed by atoms with van der Waals surface area (Å²) >= 11 is 6.23. The summed E-state index contributed by atoms with van der Waals surface area (Å²) < 4.78 is 4.68. The summed E-state index contributed by atoms with van der Waals surface area (Å²) in [5.41, 5.74) is 0. The molecule has 94 valence electrons. The van der Waals surface area contributed by atoms with E-state index in [-0.39, 0.29) is 11.7 Å². The molecule has 1 aromatic heterocycles. The van der Waals surface area contributed by atoms with Gasteiger partial charge in [-0.1, -0.05) is 11.3 Å². The number of amides is 1. The first-order valence-corrected chi connectivity index (χ1v) is 6.01. The normalized spacial score (nSPS) is 9.59. The van der Waals surface area contributed by atoms with Crippen LogP contribution >= 0.6 is 23.6 Å². The quantitative estimate of drug-likeness (QED) is 0.798. The molecule has 7 nitrogen and oxygen atoms in total. The molecule has 0 aliphatic carbocycles. The standard InChI is InChI=1S/C8H13N5O2S2/c1-4-15-8(14)10-5(16)9-6-11-12-7(17-6)13(2)3/h4H2,1-3H3,(H2,9,10,11,14,16). The maximum absolute atomic E-state index is 11.1. The molecule has 0 unspecified atom stereocenters. The predicted molar refractivity (Wildman–Crippen MR) is 70.6 cm³/mol. The Morgan fingerprint density at radius 1 is 1.53 bits per heavy atom. The van der Waals surface area contributed by atoms with Gasteiger partial charge in [0.2, 0.25) is 10.3 Å². The number of rotatable bonds is 3. The van der Waals surface area contributed by atoms with Crippen LogP contribution in [0.3, 0.4) is 0 Å². The van der Waals surface area contributed by atoms with Crippen LogP contribution in [0.5, 0.6) is 0 Å². The number of alkyl carbamates (subject to hydrolysis) is 1. The van der Waals surface area contributed by atoms with E-state index in [1.165, 1.54) is 11.3 Å². The van der Waals surface area contributed by atoms with Crippen molar-refractivity contribution >= 4 is 45.0 Å². The summed E-state index contributed by atoms with van der Waals surface area (Å²) in [6.07, 6.45) is -0.595. The molecule has 0 fully saturated rings. The number of nitrogens with one attached hydrogen (secondary N) is 2. The molecule has 17 heavy (non-hydrogen) atoms. The second-order valence-corrected chi connectivity index (χ2v) is 4.45. The molecule has 0 saturated heterocycles. The van der Waals surface area contributed by atoms with Crippen molar-refractivity contribution in [2.45, 2.75) is 6.92 Å². The van der Waals surface area contributed by atoms with E-state index < -0.39 is 6.09 Å². The molecule has 2 N–H and O–H groups in total. The van der Waals surface area contributed by atoms with E-state index >= 15 is 0 Å². The molecule has 0 saturated carbocycles.